The topological polar surface area (TPSA) is 70.1 Å². The summed E-state index contributed by atoms with van der Waals surface area (Å²) in [5.41, 5.74) is 4.94. The Labute approximate surface area is 79.3 Å². The first kappa shape index (κ1) is 11.9. The zero-order valence-electron chi connectivity index (χ0n) is 8.50. The van der Waals surface area contributed by atoms with Gasteiger partial charge in [0, 0.05) is 20.1 Å². The molecule has 0 aliphatic rings. The number of rotatable bonds is 4. The third-order valence-electron chi connectivity index (χ3n) is 1.99. The molecule has 0 fully saturated rings. The maximum Gasteiger partial charge on any atom is 0.229 e. The van der Waals surface area contributed by atoms with Gasteiger partial charge in [-0.2, -0.15) is 5.26 Å². The van der Waals surface area contributed by atoms with Crippen LogP contribution >= 0.6 is 0 Å². The summed E-state index contributed by atoms with van der Waals surface area (Å²) in [6.07, 6.45) is 0.364. The molecule has 4 heteroatoms. The van der Waals surface area contributed by atoms with E-state index < -0.39 is 5.41 Å². The molecule has 13 heavy (non-hydrogen) atoms. The van der Waals surface area contributed by atoms with E-state index >= 15 is 0 Å². The third-order valence-corrected chi connectivity index (χ3v) is 1.99. The highest BCUT2D eigenvalue weighted by molar-refractivity contribution is 5.81. The SMILES string of the molecule is CN(CCC#N)C(=O)C(C)(C)CN. The van der Waals surface area contributed by atoms with Gasteiger partial charge in [-0.3, -0.25) is 4.79 Å². The second kappa shape index (κ2) is 4.83. The molecule has 0 radical (unpaired) electrons. The monoisotopic (exact) mass is 183 g/mol. The second-order valence-corrected chi connectivity index (χ2v) is 3.72. The highest BCUT2D eigenvalue weighted by Gasteiger charge is 2.28. The van der Waals surface area contributed by atoms with Gasteiger partial charge in [0.05, 0.1) is 17.9 Å². The van der Waals surface area contributed by atoms with Gasteiger partial charge in [0.1, 0.15) is 0 Å². The van der Waals surface area contributed by atoms with Gasteiger partial charge in [0.15, 0.2) is 0 Å². The number of hydrogen-bond acceptors (Lipinski definition) is 3. The van der Waals surface area contributed by atoms with E-state index in [0.717, 1.165) is 0 Å². The number of carbonyl (C=O) groups is 1. The normalized spacial score (nSPS) is 10.7. The number of carbonyl (C=O) groups excluding carboxylic acids is 1. The Hall–Kier alpha value is -1.08. The molecule has 0 heterocycles. The molecule has 0 spiro atoms. The lowest BCUT2D eigenvalue weighted by molar-refractivity contribution is -0.138. The minimum Gasteiger partial charge on any atom is -0.344 e. The Morgan fingerprint density at radius 1 is 1.62 bits per heavy atom. The summed E-state index contributed by atoms with van der Waals surface area (Å²) < 4.78 is 0. The molecule has 0 atom stereocenters. The fourth-order valence-electron chi connectivity index (χ4n) is 0.923. The van der Waals surface area contributed by atoms with Crippen LogP contribution in [-0.2, 0) is 4.79 Å². The molecule has 0 saturated carbocycles. The van der Waals surface area contributed by atoms with Gasteiger partial charge < -0.3 is 10.6 Å². The average Bonchev–Trinajstić information content (AvgIpc) is 2.12. The van der Waals surface area contributed by atoms with Gasteiger partial charge >= 0.3 is 0 Å². The standard InChI is InChI=1S/C9H17N3O/c1-9(2,7-11)8(13)12(3)6-4-5-10/h4,6-7,11H2,1-3H3. The molecule has 0 aromatic rings. The highest BCUT2D eigenvalue weighted by atomic mass is 16.2. The van der Waals surface area contributed by atoms with Crippen molar-refractivity contribution in [1.29, 1.82) is 5.26 Å². The number of nitrogens with two attached hydrogens (primary N) is 1. The third kappa shape index (κ3) is 3.43. The average molecular weight is 183 g/mol. The molecular weight excluding hydrogens is 166 g/mol. The van der Waals surface area contributed by atoms with Crippen molar-refractivity contribution in [2.45, 2.75) is 20.3 Å². The predicted molar refractivity (Wildman–Crippen MR) is 50.7 cm³/mol. The van der Waals surface area contributed by atoms with Gasteiger partial charge in [0.2, 0.25) is 5.91 Å². The van der Waals surface area contributed by atoms with Crippen molar-refractivity contribution in [3.8, 4) is 6.07 Å². The smallest absolute Gasteiger partial charge is 0.229 e. The van der Waals surface area contributed by atoms with Gasteiger partial charge in [-0.15, -0.1) is 0 Å². The second-order valence-electron chi connectivity index (χ2n) is 3.72. The van der Waals surface area contributed by atoms with E-state index in [4.69, 9.17) is 11.0 Å². The van der Waals surface area contributed by atoms with E-state index in [1.165, 1.54) is 0 Å². The Morgan fingerprint density at radius 3 is 2.54 bits per heavy atom. The van der Waals surface area contributed by atoms with E-state index in [1.807, 2.05) is 6.07 Å². The van der Waals surface area contributed by atoms with Crippen LogP contribution in [0.1, 0.15) is 20.3 Å². The molecular formula is C9H17N3O. The Kier molecular flexibility index (Phi) is 4.43. The minimum absolute atomic E-state index is 0.00903. The molecule has 0 aliphatic carbocycles. The van der Waals surface area contributed by atoms with Crippen molar-refractivity contribution in [3.63, 3.8) is 0 Å². The summed E-state index contributed by atoms with van der Waals surface area (Å²) in [6.45, 7) is 4.40. The van der Waals surface area contributed by atoms with Gasteiger partial charge in [-0.25, -0.2) is 0 Å². The van der Waals surface area contributed by atoms with E-state index in [9.17, 15) is 4.79 Å². The van der Waals surface area contributed by atoms with Crippen molar-refractivity contribution in [2.75, 3.05) is 20.1 Å². The first-order valence-corrected chi connectivity index (χ1v) is 4.28. The first-order valence-electron chi connectivity index (χ1n) is 4.28. The van der Waals surface area contributed by atoms with E-state index in [2.05, 4.69) is 0 Å². The maximum absolute atomic E-state index is 11.6. The number of nitriles is 1. The summed E-state index contributed by atoms with van der Waals surface area (Å²) in [5.74, 6) is -0.00903. The van der Waals surface area contributed by atoms with Crippen LogP contribution in [0.15, 0.2) is 0 Å². The fraction of sp³-hybridized carbons (Fsp3) is 0.778. The van der Waals surface area contributed by atoms with Crippen molar-refractivity contribution >= 4 is 5.91 Å². The minimum atomic E-state index is -0.524. The van der Waals surface area contributed by atoms with Crippen molar-refractivity contribution < 1.29 is 4.79 Å². The molecule has 0 aromatic carbocycles. The van der Waals surface area contributed by atoms with E-state index in [-0.39, 0.29) is 5.91 Å². The summed E-state index contributed by atoms with van der Waals surface area (Å²) in [7, 11) is 1.69. The molecule has 0 unspecified atom stereocenters. The molecule has 1 amide bonds. The van der Waals surface area contributed by atoms with Crippen LogP contribution in [0.5, 0.6) is 0 Å². The first-order chi connectivity index (χ1) is 5.95. The van der Waals surface area contributed by atoms with Crippen molar-refractivity contribution in [2.24, 2.45) is 11.1 Å². The largest absolute Gasteiger partial charge is 0.344 e. The molecule has 4 nitrogen and oxygen atoms in total. The summed E-state index contributed by atoms with van der Waals surface area (Å²) >= 11 is 0. The number of amides is 1. The van der Waals surface area contributed by atoms with Crippen LogP contribution < -0.4 is 5.73 Å². The lowest BCUT2D eigenvalue weighted by atomic mass is 9.92. The fourth-order valence-corrected chi connectivity index (χ4v) is 0.923. The van der Waals surface area contributed by atoms with Gasteiger partial charge in [0.25, 0.3) is 0 Å². The Balaban J connectivity index is 4.19. The van der Waals surface area contributed by atoms with Crippen LogP contribution in [0, 0.1) is 16.7 Å². The Bertz CT molecular complexity index is 217. The Morgan fingerprint density at radius 2 is 2.15 bits per heavy atom. The molecule has 2 N–H and O–H groups in total. The van der Waals surface area contributed by atoms with Gasteiger partial charge in [-0.05, 0) is 13.8 Å². The summed E-state index contributed by atoms with van der Waals surface area (Å²) in [4.78, 5) is 13.2. The lowest BCUT2D eigenvalue weighted by Crippen LogP contribution is -2.43. The quantitative estimate of drug-likeness (QED) is 0.683. The van der Waals surface area contributed by atoms with Crippen LogP contribution in [0.3, 0.4) is 0 Å². The van der Waals surface area contributed by atoms with Crippen LogP contribution in [0.2, 0.25) is 0 Å². The van der Waals surface area contributed by atoms with Crippen molar-refractivity contribution in [3.05, 3.63) is 0 Å². The maximum atomic E-state index is 11.6. The lowest BCUT2D eigenvalue weighted by Gasteiger charge is -2.27. The zero-order chi connectivity index (χ0) is 10.5. The molecule has 0 aliphatic heterocycles. The summed E-state index contributed by atoms with van der Waals surface area (Å²) in [6, 6.07) is 2.00. The van der Waals surface area contributed by atoms with E-state index in [0.29, 0.717) is 19.5 Å². The van der Waals surface area contributed by atoms with Crippen LogP contribution in [0.25, 0.3) is 0 Å². The van der Waals surface area contributed by atoms with Crippen LogP contribution in [0.4, 0.5) is 0 Å². The molecule has 0 aromatic heterocycles. The van der Waals surface area contributed by atoms with Gasteiger partial charge in [-0.1, -0.05) is 0 Å². The number of hydrogen-bond donors (Lipinski definition) is 1. The molecule has 74 valence electrons. The molecule has 0 bridgehead atoms. The van der Waals surface area contributed by atoms with E-state index in [1.54, 1.807) is 25.8 Å². The highest BCUT2D eigenvalue weighted by Crippen LogP contribution is 2.15. The number of nitrogens with zero attached hydrogens (tertiary/aromatic N) is 2. The molecule has 0 saturated heterocycles. The van der Waals surface area contributed by atoms with Crippen LogP contribution in [-0.4, -0.2) is 30.9 Å². The zero-order valence-corrected chi connectivity index (χ0v) is 8.50. The van der Waals surface area contributed by atoms with Crippen molar-refractivity contribution in [1.82, 2.24) is 4.90 Å². The summed E-state index contributed by atoms with van der Waals surface area (Å²) in [5, 5.41) is 8.34. The predicted octanol–water partition coefficient (Wildman–Crippen LogP) is 0.343. The molecule has 0 rings (SSSR count).